The average molecular weight is 407 g/mol. The number of hydrogen-bond acceptors (Lipinski definition) is 4. The second kappa shape index (κ2) is 10.7. The van der Waals surface area contributed by atoms with Gasteiger partial charge in [-0.25, -0.2) is 4.98 Å². The van der Waals surface area contributed by atoms with E-state index in [4.69, 9.17) is 16.0 Å². The van der Waals surface area contributed by atoms with Crippen LogP contribution in [0.25, 0.3) is 11.3 Å². The van der Waals surface area contributed by atoms with Crippen LogP contribution >= 0.6 is 36.4 Å². The number of nitrogens with zero attached hydrogens (tertiary/aromatic N) is 2. The Morgan fingerprint density at radius 1 is 1.24 bits per heavy atom. The van der Waals surface area contributed by atoms with E-state index in [1.54, 1.807) is 6.20 Å². The van der Waals surface area contributed by atoms with Crippen LogP contribution in [0, 0.1) is 0 Å². The summed E-state index contributed by atoms with van der Waals surface area (Å²) in [5.41, 5.74) is 0.817. The number of oxazole rings is 1. The maximum atomic E-state index is 12.3. The molecule has 0 aliphatic carbocycles. The van der Waals surface area contributed by atoms with E-state index in [1.165, 1.54) is 0 Å². The zero-order valence-electron chi connectivity index (χ0n) is 13.7. The Labute approximate surface area is 164 Å². The van der Waals surface area contributed by atoms with E-state index in [0.29, 0.717) is 29.5 Å². The monoisotopic (exact) mass is 405 g/mol. The van der Waals surface area contributed by atoms with Crippen LogP contribution in [0.3, 0.4) is 0 Å². The molecule has 1 N–H and O–H groups in total. The molecule has 25 heavy (non-hydrogen) atoms. The Kier molecular flexibility index (Phi) is 9.28. The molecule has 1 saturated heterocycles. The predicted molar refractivity (Wildman–Crippen MR) is 104 cm³/mol. The molecule has 2 aromatic rings. The highest BCUT2D eigenvalue weighted by Crippen LogP contribution is 2.28. The molecule has 0 unspecified atom stereocenters. The summed E-state index contributed by atoms with van der Waals surface area (Å²) >= 11 is 6.16. The molecular formula is C17H22Cl3N3O2. The average Bonchev–Trinajstić information content (AvgIpc) is 2.86. The van der Waals surface area contributed by atoms with Crippen LogP contribution in [-0.2, 0) is 11.2 Å². The number of hydrogen-bond donors (Lipinski definition) is 1. The van der Waals surface area contributed by atoms with Gasteiger partial charge in [0.2, 0.25) is 5.91 Å². The van der Waals surface area contributed by atoms with E-state index in [9.17, 15) is 4.79 Å². The molecule has 8 heteroatoms. The maximum absolute atomic E-state index is 12.3. The Hall–Kier alpha value is -1.27. The molecule has 2 heterocycles. The van der Waals surface area contributed by atoms with Crippen molar-refractivity contribution in [2.45, 2.75) is 19.3 Å². The number of carbonyl (C=O) groups is 1. The van der Waals surface area contributed by atoms with Gasteiger partial charge in [-0.15, -0.1) is 24.8 Å². The fourth-order valence-corrected chi connectivity index (χ4v) is 2.91. The summed E-state index contributed by atoms with van der Waals surface area (Å²) in [4.78, 5) is 18.4. The third-order valence-electron chi connectivity index (χ3n) is 3.94. The van der Waals surface area contributed by atoms with Crippen molar-refractivity contribution in [2.24, 2.45) is 0 Å². The molecule has 1 fully saturated rings. The molecule has 0 saturated carbocycles. The highest BCUT2D eigenvalue weighted by Gasteiger charge is 2.16. The van der Waals surface area contributed by atoms with Gasteiger partial charge in [-0.2, -0.15) is 0 Å². The van der Waals surface area contributed by atoms with Gasteiger partial charge in [0.1, 0.15) is 0 Å². The quantitative estimate of drug-likeness (QED) is 0.843. The summed E-state index contributed by atoms with van der Waals surface area (Å²) in [6.45, 7) is 3.43. The molecule has 5 nitrogen and oxygen atoms in total. The zero-order valence-corrected chi connectivity index (χ0v) is 16.1. The summed E-state index contributed by atoms with van der Waals surface area (Å²) < 4.78 is 5.73. The summed E-state index contributed by atoms with van der Waals surface area (Å²) in [6.07, 6.45) is 3.59. The third kappa shape index (κ3) is 5.89. The van der Waals surface area contributed by atoms with E-state index >= 15 is 0 Å². The minimum atomic E-state index is 0. The van der Waals surface area contributed by atoms with E-state index in [0.717, 1.165) is 38.2 Å². The summed E-state index contributed by atoms with van der Waals surface area (Å²) in [5.74, 6) is 1.37. The maximum Gasteiger partial charge on any atom is 0.223 e. The van der Waals surface area contributed by atoms with Crippen molar-refractivity contribution in [3.05, 3.63) is 41.4 Å². The lowest BCUT2D eigenvalue weighted by molar-refractivity contribution is -0.131. The van der Waals surface area contributed by atoms with Gasteiger partial charge < -0.3 is 14.6 Å². The highest BCUT2D eigenvalue weighted by molar-refractivity contribution is 6.33. The van der Waals surface area contributed by atoms with Crippen LogP contribution in [0.15, 0.2) is 34.9 Å². The second-order valence-corrected chi connectivity index (χ2v) is 5.99. The van der Waals surface area contributed by atoms with Crippen molar-refractivity contribution in [1.82, 2.24) is 15.2 Å². The van der Waals surface area contributed by atoms with Crippen LogP contribution in [0.4, 0.5) is 0 Å². The highest BCUT2D eigenvalue weighted by atomic mass is 35.5. The number of aryl methyl sites for hydroxylation is 1. The fraction of sp³-hybridized carbons (Fsp3) is 0.412. The van der Waals surface area contributed by atoms with Gasteiger partial charge in [-0.3, -0.25) is 4.79 Å². The second-order valence-electron chi connectivity index (χ2n) is 5.58. The van der Waals surface area contributed by atoms with Crippen molar-refractivity contribution < 1.29 is 9.21 Å². The molecule has 1 aliphatic heterocycles. The molecule has 3 rings (SSSR count). The van der Waals surface area contributed by atoms with Gasteiger partial charge in [0.25, 0.3) is 0 Å². The topological polar surface area (TPSA) is 58.4 Å². The van der Waals surface area contributed by atoms with E-state index in [-0.39, 0.29) is 30.7 Å². The molecule has 1 aromatic heterocycles. The van der Waals surface area contributed by atoms with Gasteiger partial charge >= 0.3 is 0 Å². The van der Waals surface area contributed by atoms with Crippen molar-refractivity contribution in [2.75, 3.05) is 26.2 Å². The van der Waals surface area contributed by atoms with Gasteiger partial charge in [0, 0.05) is 38.0 Å². The van der Waals surface area contributed by atoms with Crippen LogP contribution < -0.4 is 5.32 Å². The number of aromatic nitrogens is 1. The van der Waals surface area contributed by atoms with Crippen molar-refractivity contribution in [3.63, 3.8) is 0 Å². The standard InChI is InChI=1S/C17H20ClN3O2.2ClH/c18-14-5-2-1-4-13(14)15-12-20-16(23-15)6-7-17(22)21-10-3-8-19-9-11-21;;/h1-2,4-5,12,19H,3,6-11H2;2*1H. The number of rotatable bonds is 4. The lowest BCUT2D eigenvalue weighted by Gasteiger charge is -2.19. The van der Waals surface area contributed by atoms with E-state index in [2.05, 4.69) is 10.3 Å². The number of benzene rings is 1. The Morgan fingerprint density at radius 2 is 2.04 bits per heavy atom. The largest absolute Gasteiger partial charge is 0.441 e. The van der Waals surface area contributed by atoms with Gasteiger partial charge in [0.15, 0.2) is 11.7 Å². The molecule has 0 bridgehead atoms. The number of carbonyl (C=O) groups excluding carboxylic acids is 1. The minimum absolute atomic E-state index is 0. The first kappa shape index (κ1) is 21.8. The first-order valence-electron chi connectivity index (χ1n) is 7.92. The fourth-order valence-electron chi connectivity index (χ4n) is 2.68. The normalized spacial score (nSPS) is 14.2. The van der Waals surface area contributed by atoms with Gasteiger partial charge in [0.05, 0.1) is 11.2 Å². The van der Waals surface area contributed by atoms with Gasteiger partial charge in [-0.05, 0) is 25.1 Å². The number of nitrogens with one attached hydrogen (secondary N) is 1. The smallest absolute Gasteiger partial charge is 0.223 e. The van der Waals surface area contributed by atoms with Crippen LogP contribution in [0.2, 0.25) is 5.02 Å². The van der Waals surface area contributed by atoms with Crippen LogP contribution in [-0.4, -0.2) is 42.0 Å². The Bertz CT molecular complexity index is 671. The summed E-state index contributed by atoms with van der Waals surface area (Å²) in [7, 11) is 0. The number of amides is 1. The van der Waals surface area contributed by atoms with Crippen molar-refractivity contribution in [1.29, 1.82) is 0 Å². The van der Waals surface area contributed by atoms with Crippen LogP contribution in [0.5, 0.6) is 0 Å². The first-order chi connectivity index (χ1) is 11.2. The predicted octanol–water partition coefficient (Wildman–Crippen LogP) is 3.59. The Balaban J connectivity index is 0.00000156. The summed E-state index contributed by atoms with van der Waals surface area (Å²) in [5, 5.41) is 3.92. The molecule has 1 aliphatic rings. The molecule has 0 atom stereocenters. The molecule has 0 radical (unpaired) electrons. The first-order valence-corrected chi connectivity index (χ1v) is 8.30. The van der Waals surface area contributed by atoms with Gasteiger partial charge in [-0.1, -0.05) is 23.7 Å². The number of halogens is 3. The minimum Gasteiger partial charge on any atom is -0.441 e. The van der Waals surface area contributed by atoms with E-state index < -0.39 is 0 Å². The molecular weight excluding hydrogens is 385 g/mol. The third-order valence-corrected chi connectivity index (χ3v) is 4.27. The Morgan fingerprint density at radius 3 is 2.84 bits per heavy atom. The molecule has 0 spiro atoms. The zero-order chi connectivity index (χ0) is 16.1. The van der Waals surface area contributed by atoms with Crippen molar-refractivity contribution >= 4 is 42.3 Å². The molecule has 1 amide bonds. The SMILES string of the molecule is Cl.Cl.O=C(CCc1ncc(-c2ccccc2Cl)o1)N1CCCNCC1. The molecule has 138 valence electrons. The van der Waals surface area contributed by atoms with Crippen molar-refractivity contribution in [3.8, 4) is 11.3 Å². The van der Waals surface area contributed by atoms with E-state index in [1.807, 2.05) is 29.2 Å². The summed E-state index contributed by atoms with van der Waals surface area (Å²) in [6, 6.07) is 7.48. The van der Waals surface area contributed by atoms with Crippen LogP contribution in [0.1, 0.15) is 18.7 Å². The molecule has 1 aromatic carbocycles. The lowest BCUT2D eigenvalue weighted by atomic mass is 10.2. The lowest BCUT2D eigenvalue weighted by Crippen LogP contribution is -2.34.